The standard InChI is InChI=1S/C37H43N5O7/c1-4-18-48-21-25-19-26(16-15-24(25)20-43)40-34(44)32(14-9-17-39-36(38)46)41-35(45)33(23(2)3)42-37(47)49-22-31-29-12-7-5-10-27(29)28-11-6-8-13-30(28)31/h1,5-8,10-13,15-16,19,23,31-33,43H,9,14,17-18,20-22H2,2-3H3,(H,40,44)(H,41,45)(H,42,47)(H3,38,39,46)/t32-,33-/m0/s1. The number of aliphatic hydroxyl groups excluding tert-OH is 1. The molecule has 3 aromatic rings. The molecule has 0 saturated carbocycles. The molecule has 0 saturated heterocycles. The summed E-state index contributed by atoms with van der Waals surface area (Å²) in [6.45, 7) is 3.77. The molecule has 3 aromatic carbocycles. The average molecular weight is 670 g/mol. The van der Waals surface area contributed by atoms with Gasteiger partial charge in [0.1, 0.15) is 25.3 Å². The van der Waals surface area contributed by atoms with Gasteiger partial charge in [-0.3, -0.25) is 9.59 Å². The molecule has 5 amide bonds. The third kappa shape index (κ3) is 9.82. The highest BCUT2D eigenvalue weighted by Gasteiger charge is 2.32. The first kappa shape index (κ1) is 36.5. The van der Waals surface area contributed by atoms with E-state index < -0.39 is 36.0 Å². The fourth-order valence-electron chi connectivity index (χ4n) is 5.79. The van der Waals surface area contributed by atoms with E-state index >= 15 is 0 Å². The van der Waals surface area contributed by atoms with Crippen molar-refractivity contribution in [2.24, 2.45) is 11.7 Å². The highest BCUT2D eigenvalue weighted by atomic mass is 16.5. The Morgan fingerprint density at radius 2 is 1.61 bits per heavy atom. The van der Waals surface area contributed by atoms with Gasteiger partial charge in [-0.1, -0.05) is 74.4 Å². The molecular weight excluding hydrogens is 626 g/mol. The van der Waals surface area contributed by atoms with Crippen LogP contribution in [0.25, 0.3) is 11.1 Å². The van der Waals surface area contributed by atoms with Crippen LogP contribution in [0.3, 0.4) is 0 Å². The number of aliphatic hydroxyl groups is 1. The summed E-state index contributed by atoms with van der Waals surface area (Å²) in [5.74, 6) is 0.776. The smallest absolute Gasteiger partial charge is 0.407 e. The first-order valence-corrected chi connectivity index (χ1v) is 16.1. The zero-order valence-electron chi connectivity index (χ0n) is 27.7. The van der Waals surface area contributed by atoms with Crippen LogP contribution < -0.4 is 27.0 Å². The first-order valence-electron chi connectivity index (χ1n) is 16.1. The number of rotatable bonds is 16. The van der Waals surface area contributed by atoms with Crippen LogP contribution in [0.5, 0.6) is 0 Å². The van der Waals surface area contributed by atoms with E-state index in [9.17, 15) is 24.3 Å². The van der Waals surface area contributed by atoms with Gasteiger partial charge in [-0.05, 0) is 64.3 Å². The van der Waals surface area contributed by atoms with Crippen molar-refractivity contribution in [2.75, 3.05) is 25.1 Å². The quantitative estimate of drug-likeness (QED) is 0.0992. The number of ether oxygens (including phenoxy) is 2. The minimum Gasteiger partial charge on any atom is -0.449 e. The summed E-state index contributed by atoms with van der Waals surface area (Å²) in [5, 5.41) is 20.4. The Morgan fingerprint density at radius 1 is 0.939 bits per heavy atom. The Morgan fingerprint density at radius 3 is 2.22 bits per heavy atom. The Bertz CT molecular complexity index is 1640. The molecule has 7 N–H and O–H groups in total. The topological polar surface area (TPSA) is 181 Å². The predicted octanol–water partition coefficient (Wildman–Crippen LogP) is 3.76. The highest BCUT2D eigenvalue weighted by molar-refractivity contribution is 5.98. The summed E-state index contributed by atoms with van der Waals surface area (Å²) < 4.78 is 11.1. The van der Waals surface area contributed by atoms with Crippen LogP contribution in [0.1, 0.15) is 54.9 Å². The number of fused-ring (bicyclic) bond motifs is 3. The number of benzene rings is 3. The monoisotopic (exact) mass is 669 g/mol. The summed E-state index contributed by atoms with van der Waals surface area (Å²) in [6.07, 6.45) is 4.98. The van der Waals surface area contributed by atoms with Crippen LogP contribution in [-0.4, -0.2) is 60.9 Å². The Balaban J connectivity index is 1.42. The van der Waals surface area contributed by atoms with Crippen molar-refractivity contribution >= 4 is 29.6 Å². The number of alkyl carbamates (subject to hydrolysis) is 1. The van der Waals surface area contributed by atoms with Gasteiger partial charge in [0.25, 0.3) is 0 Å². The van der Waals surface area contributed by atoms with E-state index in [0.717, 1.165) is 22.3 Å². The summed E-state index contributed by atoms with van der Waals surface area (Å²) in [5.41, 5.74) is 11.1. The molecule has 0 aliphatic heterocycles. The Kier molecular flexibility index (Phi) is 13.2. The highest BCUT2D eigenvalue weighted by Crippen LogP contribution is 2.44. The number of urea groups is 1. The minimum absolute atomic E-state index is 0.0784. The maximum Gasteiger partial charge on any atom is 0.407 e. The summed E-state index contributed by atoms with van der Waals surface area (Å²) in [7, 11) is 0. The molecule has 12 nitrogen and oxygen atoms in total. The zero-order chi connectivity index (χ0) is 35.3. The molecule has 0 aromatic heterocycles. The van der Waals surface area contributed by atoms with Crippen molar-refractivity contribution in [3.63, 3.8) is 0 Å². The van der Waals surface area contributed by atoms with E-state index in [-0.39, 0.29) is 51.2 Å². The van der Waals surface area contributed by atoms with Gasteiger partial charge in [0, 0.05) is 18.2 Å². The van der Waals surface area contributed by atoms with Gasteiger partial charge in [-0.15, -0.1) is 6.42 Å². The minimum atomic E-state index is -1.04. The fraction of sp³-hybridized carbons (Fsp3) is 0.351. The molecule has 1 aliphatic rings. The normalized spacial score (nSPS) is 13.0. The lowest BCUT2D eigenvalue weighted by molar-refractivity contribution is -0.128. The van der Waals surface area contributed by atoms with Crippen molar-refractivity contribution in [1.82, 2.24) is 16.0 Å². The van der Waals surface area contributed by atoms with E-state index in [1.165, 1.54) is 0 Å². The lowest BCUT2D eigenvalue weighted by Gasteiger charge is -2.25. The largest absolute Gasteiger partial charge is 0.449 e. The lowest BCUT2D eigenvalue weighted by atomic mass is 9.98. The van der Waals surface area contributed by atoms with Gasteiger partial charge in [0.15, 0.2) is 0 Å². The van der Waals surface area contributed by atoms with Crippen LogP contribution in [0.15, 0.2) is 66.7 Å². The number of hydrogen-bond acceptors (Lipinski definition) is 7. The van der Waals surface area contributed by atoms with Gasteiger partial charge in [-0.2, -0.15) is 0 Å². The van der Waals surface area contributed by atoms with E-state index in [2.05, 4.69) is 27.2 Å². The van der Waals surface area contributed by atoms with Crippen molar-refractivity contribution in [3.05, 3.63) is 89.0 Å². The molecular formula is C37H43N5O7. The Hall–Kier alpha value is -5.38. The van der Waals surface area contributed by atoms with Gasteiger partial charge in [0.2, 0.25) is 11.8 Å². The van der Waals surface area contributed by atoms with E-state index in [1.807, 2.05) is 48.5 Å². The zero-order valence-corrected chi connectivity index (χ0v) is 27.7. The van der Waals surface area contributed by atoms with Gasteiger partial charge >= 0.3 is 12.1 Å². The number of terminal acetylenes is 1. The van der Waals surface area contributed by atoms with Crippen LogP contribution in [0.4, 0.5) is 15.3 Å². The van der Waals surface area contributed by atoms with Crippen molar-refractivity contribution in [2.45, 2.75) is 57.9 Å². The summed E-state index contributed by atoms with van der Waals surface area (Å²) >= 11 is 0. The van der Waals surface area contributed by atoms with E-state index in [1.54, 1.807) is 32.0 Å². The van der Waals surface area contributed by atoms with Gasteiger partial charge in [-0.25, -0.2) is 9.59 Å². The second-order valence-electron chi connectivity index (χ2n) is 12.0. The van der Waals surface area contributed by atoms with Crippen LogP contribution in [-0.2, 0) is 32.3 Å². The predicted molar refractivity (Wildman–Crippen MR) is 185 cm³/mol. The molecule has 12 heteroatoms. The van der Waals surface area contributed by atoms with Crippen LogP contribution in [0.2, 0.25) is 0 Å². The number of carbonyl (C=O) groups is 4. The third-order valence-corrected chi connectivity index (χ3v) is 8.26. The number of hydrogen-bond donors (Lipinski definition) is 6. The van der Waals surface area contributed by atoms with Crippen molar-refractivity contribution in [3.8, 4) is 23.5 Å². The molecule has 1 aliphatic carbocycles. The molecule has 0 bridgehead atoms. The van der Waals surface area contributed by atoms with E-state index in [4.69, 9.17) is 21.6 Å². The molecule has 2 atom stereocenters. The summed E-state index contributed by atoms with van der Waals surface area (Å²) in [6, 6.07) is 18.1. The molecule has 0 fully saturated rings. The number of primary amides is 1. The molecule has 258 valence electrons. The second-order valence-corrected chi connectivity index (χ2v) is 12.0. The van der Waals surface area contributed by atoms with Crippen molar-refractivity contribution in [1.29, 1.82) is 0 Å². The number of amides is 5. The molecule has 0 heterocycles. The summed E-state index contributed by atoms with van der Waals surface area (Å²) in [4.78, 5) is 51.3. The molecule has 0 spiro atoms. The second kappa shape index (κ2) is 17.7. The maximum absolute atomic E-state index is 13.6. The van der Waals surface area contributed by atoms with Crippen LogP contribution in [0, 0.1) is 18.3 Å². The van der Waals surface area contributed by atoms with E-state index in [0.29, 0.717) is 23.2 Å². The number of carbonyl (C=O) groups excluding carboxylic acids is 4. The number of anilines is 1. The van der Waals surface area contributed by atoms with Gasteiger partial charge < -0.3 is 41.6 Å². The fourth-order valence-corrected chi connectivity index (χ4v) is 5.79. The SMILES string of the molecule is C#CCOCc1cc(NC(=O)[C@H](CCCNC(N)=O)NC(=O)[C@@H](NC(=O)OCC2c3ccccc3-c3ccccc32)C(C)C)ccc1CO. The molecule has 0 radical (unpaired) electrons. The number of nitrogens with one attached hydrogen (secondary N) is 4. The molecule has 49 heavy (non-hydrogen) atoms. The average Bonchev–Trinajstić information content (AvgIpc) is 3.41. The molecule has 0 unspecified atom stereocenters. The van der Waals surface area contributed by atoms with Crippen LogP contribution >= 0.6 is 0 Å². The van der Waals surface area contributed by atoms with Gasteiger partial charge in [0.05, 0.1) is 13.2 Å². The third-order valence-electron chi connectivity index (χ3n) is 8.26. The first-order chi connectivity index (χ1) is 23.6. The number of nitrogens with two attached hydrogens (primary N) is 1. The lowest BCUT2D eigenvalue weighted by Crippen LogP contribution is -2.54. The Labute approximate surface area is 286 Å². The maximum atomic E-state index is 13.6. The molecule has 4 rings (SSSR count). The van der Waals surface area contributed by atoms with Crippen molar-refractivity contribution < 1.29 is 33.8 Å².